The molecule has 0 unspecified atom stereocenters. The summed E-state index contributed by atoms with van der Waals surface area (Å²) >= 11 is 0. The van der Waals surface area contributed by atoms with E-state index in [0.29, 0.717) is 29.9 Å². The Morgan fingerprint density at radius 1 is 0.952 bits per heavy atom. The minimum atomic E-state index is -0.605. The van der Waals surface area contributed by atoms with Crippen LogP contribution in [-0.4, -0.2) is 84.3 Å². The summed E-state index contributed by atoms with van der Waals surface area (Å²) < 4.78 is 17.5. The Morgan fingerprint density at radius 2 is 1.64 bits per heavy atom. The predicted octanol–water partition coefficient (Wildman–Crippen LogP) is 5.20. The second-order valence-electron chi connectivity index (χ2n) is 9.94. The van der Waals surface area contributed by atoms with Gasteiger partial charge in [0.2, 0.25) is 0 Å². The average Bonchev–Trinajstić information content (AvgIpc) is 3.41. The van der Waals surface area contributed by atoms with Crippen molar-refractivity contribution < 1.29 is 14.0 Å². The van der Waals surface area contributed by atoms with Gasteiger partial charge in [-0.05, 0) is 61.2 Å². The predicted molar refractivity (Wildman–Crippen MR) is 163 cm³/mol. The van der Waals surface area contributed by atoms with E-state index in [2.05, 4.69) is 17.1 Å². The van der Waals surface area contributed by atoms with E-state index >= 15 is 0 Å². The zero-order valence-corrected chi connectivity index (χ0v) is 27.6. The molecular weight excluding hydrogens is 559 g/mol. The van der Waals surface area contributed by atoms with Crippen LogP contribution in [0.2, 0.25) is 0 Å². The number of nitrogens with zero attached hydrogens (tertiary/aromatic N) is 3. The number of hydrogen-bond acceptors (Lipinski definition) is 7. The van der Waals surface area contributed by atoms with Gasteiger partial charge in [-0.2, -0.15) is 0 Å². The topological polar surface area (TPSA) is 112 Å². The third kappa shape index (κ3) is 7.01. The molecule has 0 aliphatic carbocycles. The van der Waals surface area contributed by atoms with Crippen LogP contribution in [0.1, 0.15) is 44.0 Å². The fraction of sp³-hybridized carbons (Fsp3) is 0.250. The first-order chi connectivity index (χ1) is 19.9. The molecule has 42 heavy (non-hydrogen) atoms. The molecule has 2 aromatic heterocycles. The van der Waals surface area contributed by atoms with Crippen LogP contribution in [-0.2, 0) is 12.8 Å². The number of aromatic amines is 1. The molecule has 0 bridgehead atoms. The Balaban J connectivity index is 0.00000405. The number of aromatic nitrogens is 4. The molecule has 211 valence electrons. The summed E-state index contributed by atoms with van der Waals surface area (Å²) in [6.45, 7) is 5.99. The summed E-state index contributed by atoms with van der Waals surface area (Å²) in [5.41, 5.74) is 5.40. The van der Waals surface area contributed by atoms with Gasteiger partial charge in [-0.1, -0.05) is 67.0 Å². The van der Waals surface area contributed by atoms with Gasteiger partial charge in [-0.25, -0.2) is 14.3 Å². The number of hydrogen-bond donors (Lipinski definition) is 1. The van der Waals surface area contributed by atoms with E-state index in [1.165, 1.54) is 11.7 Å². The number of ether oxygens (including phenoxy) is 2. The van der Waals surface area contributed by atoms with E-state index in [-0.39, 0.29) is 69.1 Å². The van der Waals surface area contributed by atoms with Crippen LogP contribution in [0.4, 0.5) is 0 Å². The van der Waals surface area contributed by atoms with Crippen LogP contribution in [0.3, 0.4) is 0 Å². The number of rotatable bonds is 10. The molecule has 0 aliphatic heterocycles. The largest absolute Gasteiger partial charge is 0.491 e. The Bertz CT molecular complexity index is 1760. The maximum atomic E-state index is 14.0. The molecule has 0 amide bonds. The van der Waals surface area contributed by atoms with Crippen LogP contribution < -0.4 is 20.8 Å². The van der Waals surface area contributed by atoms with Crippen LogP contribution in [0.5, 0.6) is 11.8 Å². The summed E-state index contributed by atoms with van der Waals surface area (Å²) in [7, 11) is 1.52. The smallest absolute Gasteiger partial charge is 0.439 e. The molecule has 0 aliphatic rings. The quantitative estimate of drug-likeness (QED) is 0.222. The minimum Gasteiger partial charge on any atom is -0.491 e. The first-order valence-electron chi connectivity index (χ1n) is 13.6. The van der Waals surface area contributed by atoms with Crippen molar-refractivity contribution in [3.63, 3.8) is 0 Å². The van der Waals surface area contributed by atoms with Crippen molar-refractivity contribution in [1.29, 1.82) is 0 Å². The first-order valence-corrected chi connectivity index (χ1v) is 13.6. The maximum absolute atomic E-state index is 14.0. The number of aryl methyl sites for hydroxylation is 1. The van der Waals surface area contributed by atoms with Crippen LogP contribution >= 0.6 is 0 Å². The van der Waals surface area contributed by atoms with E-state index in [1.807, 2.05) is 86.6 Å². The molecule has 0 saturated carbocycles. The summed E-state index contributed by atoms with van der Waals surface area (Å²) in [4.78, 5) is 32.9. The number of H-pyrrole nitrogens is 1. The molecule has 5 aromatic rings. The molecule has 3 aromatic carbocycles. The summed E-state index contributed by atoms with van der Waals surface area (Å²) in [5.74, 6) is 0.488. The van der Waals surface area contributed by atoms with Crippen molar-refractivity contribution in [2.45, 2.75) is 46.1 Å². The van der Waals surface area contributed by atoms with Crippen molar-refractivity contribution in [2.75, 3.05) is 7.11 Å². The number of benzene rings is 3. The molecule has 5 rings (SSSR count). The molecule has 0 fully saturated rings. The molecule has 1 radical (unpaired) electrons. The van der Waals surface area contributed by atoms with Gasteiger partial charge in [0.15, 0.2) is 5.82 Å². The number of nitrogens with one attached hydrogen (secondary N) is 1. The molecular formula is C32H32KN4O5. The molecule has 2 heterocycles. The van der Waals surface area contributed by atoms with Gasteiger partial charge in [0.05, 0.1) is 24.6 Å². The standard InChI is InChI=1S/C32H32N4O5.K/c1-5-8-28-27(30(37)36(31(33-28)39-4)23-15-17-24(18-16-23)40-20(2)3)19-21-11-13-22(14-12-21)25-9-6-7-10-26(25)29-34-32(38)41-35-29;/h6-7,9-18,20H,5,8,19H2,1-4H3,(H,34,35,38);. The van der Waals surface area contributed by atoms with Gasteiger partial charge < -0.3 is 9.47 Å². The first kappa shape index (κ1) is 31.6. The van der Waals surface area contributed by atoms with Crippen molar-refractivity contribution in [1.82, 2.24) is 19.7 Å². The molecule has 0 saturated heterocycles. The Morgan fingerprint density at radius 3 is 2.24 bits per heavy atom. The molecule has 0 atom stereocenters. The summed E-state index contributed by atoms with van der Waals surface area (Å²) in [5, 5.41) is 3.84. The van der Waals surface area contributed by atoms with Crippen molar-refractivity contribution >= 4 is 51.4 Å². The van der Waals surface area contributed by atoms with Gasteiger partial charge in [-0.3, -0.25) is 14.3 Å². The van der Waals surface area contributed by atoms with E-state index < -0.39 is 5.76 Å². The van der Waals surface area contributed by atoms with E-state index in [4.69, 9.17) is 19.0 Å². The van der Waals surface area contributed by atoms with Gasteiger partial charge in [0.25, 0.3) is 5.56 Å². The zero-order valence-electron chi connectivity index (χ0n) is 24.5. The number of methoxy groups -OCH3 is 1. The third-order valence-electron chi connectivity index (χ3n) is 6.64. The van der Waals surface area contributed by atoms with Crippen molar-refractivity contribution in [3.05, 3.63) is 111 Å². The average molecular weight is 592 g/mol. The minimum absolute atomic E-state index is 0. The zero-order chi connectivity index (χ0) is 28.9. The second kappa shape index (κ2) is 14.3. The van der Waals surface area contributed by atoms with Crippen molar-refractivity contribution in [2.24, 2.45) is 0 Å². The fourth-order valence-electron chi connectivity index (χ4n) is 4.80. The second-order valence-corrected chi connectivity index (χ2v) is 9.94. The van der Waals surface area contributed by atoms with Crippen LogP contribution in [0, 0.1) is 0 Å². The van der Waals surface area contributed by atoms with Crippen LogP contribution in [0.15, 0.2) is 86.9 Å². The molecule has 0 spiro atoms. The summed E-state index contributed by atoms with van der Waals surface area (Å²) in [6, 6.07) is 23.2. The van der Waals surface area contributed by atoms with Gasteiger partial charge in [0.1, 0.15) is 5.75 Å². The molecule has 9 nitrogen and oxygen atoms in total. The van der Waals surface area contributed by atoms with E-state index in [1.54, 1.807) is 0 Å². The summed E-state index contributed by atoms with van der Waals surface area (Å²) in [6.07, 6.45) is 1.96. The molecule has 1 N–H and O–H groups in total. The normalized spacial score (nSPS) is 10.9. The van der Waals surface area contributed by atoms with Crippen LogP contribution in [0.25, 0.3) is 28.2 Å². The SMILES string of the molecule is CCCc1nc(OC)n(-c2ccc(OC(C)C)cc2)c(=O)c1Cc1ccc(-c2ccccc2-c2noc(=O)[nH]2)cc1.[K]. The maximum Gasteiger partial charge on any atom is 0.439 e. The Labute approximate surface area is 286 Å². The third-order valence-corrected chi connectivity index (χ3v) is 6.64. The monoisotopic (exact) mass is 591 g/mol. The van der Waals surface area contributed by atoms with Gasteiger partial charge in [-0.15, -0.1) is 0 Å². The Hall–Kier alpha value is -3.28. The van der Waals surface area contributed by atoms with E-state index in [9.17, 15) is 9.59 Å². The van der Waals surface area contributed by atoms with Gasteiger partial charge >= 0.3 is 11.8 Å². The molecule has 10 heteroatoms. The fourth-order valence-corrected chi connectivity index (χ4v) is 4.80. The van der Waals surface area contributed by atoms with Crippen molar-refractivity contribution in [3.8, 4) is 40.0 Å². The van der Waals surface area contributed by atoms with Gasteiger partial charge in [0, 0.05) is 68.9 Å². The Kier molecular flexibility index (Phi) is 10.7. The van der Waals surface area contributed by atoms with E-state index in [0.717, 1.165) is 40.1 Å².